The van der Waals surface area contributed by atoms with Crippen LogP contribution in [0.3, 0.4) is 0 Å². The van der Waals surface area contributed by atoms with Crippen LogP contribution >= 0.6 is 0 Å². The van der Waals surface area contributed by atoms with Crippen molar-refractivity contribution in [3.63, 3.8) is 0 Å². The minimum atomic E-state index is -5.03. The third-order valence-corrected chi connectivity index (χ3v) is 4.77. The zero-order chi connectivity index (χ0) is 21.6. The largest absolute Gasteiger partial charge is 0.573 e. The first-order valence-corrected chi connectivity index (χ1v) is 9.17. The number of amides is 2. The van der Waals surface area contributed by atoms with Gasteiger partial charge >= 0.3 is 12.5 Å². The maximum atomic E-state index is 13.7. The SMILES string of the molecule is CC(C)(C)OC(=O)N1CCC1C(=O)NC1(c2ccc(F)c(OC(F)(F)F)c2)CC1. The summed E-state index contributed by atoms with van der Waals surface area (Å²) in [6.07, 6.45) is -4.22. The van der Waals surface area contributed by atoms with Crippen LogP contribution in [0.4, 0.5) is 22.4 Å². The molecule has 1 saturated carbocycles. The Morgan fingerprint density at radius 1 is 1.21 bits per heavy atom. The Hall–Kier alpha value is -2.52. The monoisotopic (exact) mass is 418 g/mol. The average Bonchev–Trinajstić information content (AvgIpc) is 3.25. The van der Waals surface area contributed by atoms with Crippen molar-refractivity contribution in [2.24, 2.45) is 0 Å². The van der Waals surface area contributed by atoms with Crippen LogP contribution in [0.1, 0.15) is 45.6 Å². The standard InChI is InChI=1S/C19H22F4N2O4/c1-17(2,3)29-16(27)25-9-6-13(25)15(26)24-18(7-8-18)11-4-5-12(20)14(10-11)28-19(21,22)23/h4-5,10,13H,6-9H2,1-3H3,(H,24,26). The Kier molecular flexibility index (Phi) is 5.17. The highest BCUT2D eigenvalue weighted by molar-refractivity contribution is 5.88. The number of rotatable bonds is 4. The minimum absolute atomic E-state index is 0.314. The number of hydrogen-bond acceptors (Lipinski definition) is 4. The summed E-state index contributed by atoms with van der Waals surface area (Å²) in [5, 5.41) is 2.80. The molecule has 2 amide bonds. The van der Waals surface area contributed by atoms with E-state index in [1.807, 2.05) is 0 Å². The van der Waals surface area contributed by atoms with Crippen LogP contribution in [-0.2, 0) is 15.1 Å². The molecule has 3 rings (SSSR count). The van der Waals surface area contributed by atoms with E-state index < -0.39 is 47.1 Å². The van der Waals surface area contributed by atoms with E-state index in [0.717, 1.165) is 12.1 Å². The first kappa shape index (κ1) is 21.2. The summed E-state index contributed by atoms with van der Waals surface area (Å²) in [6, 6.07) is 2.42. The van der Waals surface area contributed by atoms with Crippen LogP contribution in [0.5, 0.6) is 5.75 Å². The Balaban J connectivity index is 1.70. The summed E-state index contributed by atoms with van der Waals surface area (Å²) in [4.78, 5) is 26.2. The van der Waals surface area contributed by atoms with Gasteiger partial charge in [0.25, 0.3) is 0 Å². The summed E-state index contributed by atoms with van der Waals surface area (Å²) < 4.78 is 60.0. The molecule has 160 valence electrons. The van der Waals surface area contributed by atoms with E-state index in [2.05, 4.69) is 10.1 Å². The fraction of sp³-hybridized carbons (Fsp3) is 0.579. The first-order chi connectivity index (χ1) is 13.3. The van der Waals surface area contributed by atoms with E-state index in [0.29, 0.717) is 31.4 Å². The summed E-state index contributed by atoms with van der Waals surface area (Å²) in [6.45, 7) is 5.52. The van der Waals surface area contributed by atoms with Gasteiger partial charge in [-0.05, 0) is 57.7 Å². The lowest BCUT2D eigenvalue weighted by atomic mass is 10.00. The second-order valence-electron chi connectivity index (χ2n) is 8.24. The van der Waals surface area contributed by atoms with Gasteiger partial charge < -0.3 is 14.8 Å². The van der Waals surface area contributed by atoms with Gasteiger partial charge in [0.2, 0.25) is 5.91 Å². The van der Waals surface area contributed by atoms with Crippen LogP contribution in [-0.4, -0.2) is 41.5 Å². The smallest absolute Gasteiger partial charge is 0.444 e. The van der Waals surface area contributed by atoms with E-state index in [1.165, 1.54) is 11.0 Å². The van der Waals surface area contributed by atoms with Crippen molar-refractivity contribution in [3.05, 3.63) is 29.6 Å². The molecule has 1 aromatic carbocycles. The maximum absolute atomic E-state index is 13.7. The van der Waals surface area contributed by atoms with Crippen molar-refractivity contribution in [2.45, 2.75) is 63.6 Å². The molecule has 2 aliphatic rings. The number of nitrogens with one attached hydrogen (secondary N) is 1. The lowest BCUT2D eigenvalue weighted by molar-refractivity contribution is -0.275. The number of nitrogens with zero attached hydrogens (tertiary/aromatic N) is 1. The normalized spacial score (nSPS) is 20.5. The van der Waals surface area contributed by atoms with Crippen LogP contribution in [0.2, 0.25) is 0 Å². The van der Waals surface area contributed by atoms with Crippen LogP contribution < -0.4 is 10.1 Å². The molecule has 1 unspecified atom stereocenters. The lowest BCUT2D eigenvalue weighted by Gasteiger charge is -2.40. The lowest BCUT2D eigenvalue weighted by Crippen LogP contribution is -2.60. The highest BCUT2D eigenvalue weighted by Crippen LogP contribution is 2.47. The molecule has 1 aliphatic carbocycles. The predicted octanol–water partition coefficient (Wildman–Crippen LogP) is 3.84. The summed E-state index contributed by atoms with van der Waals surface area (Å²) in [7, 11) is 0. The Bertz CT molecular complexity index is 815. The van der Waals surface area contributed by atoms with E-state index in [-0.39, 0.29) is 0 Å². The van der Waals surface area contributed by atoms with Gasteiger partial charge in [-0.2, -0.15) is 0 Å². The fourth-order valence-corrected chi connectivity index (χ4v) is 3.13. The molecule has 1 saturated heterocycles. The molecule has 6 nitrogen and oxygen atoms in total. The van der Waals surface area contributed by atoms with Crippen molar-refractivity contribution in [2.75, 3.05) is 6.54 Å². The molecular weight excluding hydrogens is 396 g/mol. The Morgan fingerprint density at radius 2 is 1.86 bits per heavy atom. The van der Waals surface area contributed by atoms with Gasteiger partial charge in [0.1, 0.15) is 11.6 Å². The maximum Gasteiger partial charge on any atom is 0.573 e. The number of hydrogen-bond donors (Lipinski definition) is 1. The molecule has 1 atom stereocenters. The molecule has 29 heavy (non-hydrogen) atoms. The molecule has 1 aliphatic heterocycles. The molecule has 0 spiro atoms. The second kappa shape index (κ2) is 7.07. The Morgan fingerprint density at radius 3 is 2.34 bits per heavy atom. The van der Waals surface area contributed by atoms with E-state index >= 15 is 0 Å². The number of benzene rings is 1. The van der Waals surface area contributed by atoms with Gasteiger partial charge in [-0.25, -0.2) is 9.18 Å². The first-order valence-electron chi connectivity index (χ1n) is 9.17. The zero-order valence-electron chi connectivity index (χ0n) is 16.2. The second-order valence-corrected chi connectivity index (χ2v) is 8.24. The van der Waals surface area contributed by atoms with Crippen molar-refractivity contribution in [3.8, 4) is 5.75 Å². The number of carbonyl (C=O) groups is 2. The summed E-state index contributed by atoms with van der Waals surface area (Å²) in [5.41, 5.74) is -1.28. The van der Waals surface area contributed by atoms with E-state index in [1.54, 1.807) is 20.8 Å². The number of halogens is 4. The molecule has 10 heteroatoms. The topological polar surface area (TPSA) is 67.9 Å². The number of alkyl halides is 3. The summed E-state index contributed by atoms with van der Waals surface area (Å²) >= 11 is 0. The molecule has 1 heterocycles. The third kappa shape index (κ3) is 4.91. The molecule has 2 fully saturated rings. The number of likely N-dealkylation sites (tertiary alicyclic amines) is 1. The van der Waals surface area contributed by atoms with Crippen molar-refractivity contribution in [1.82, 2.24) is 10.2 Å². The third-order valence-electron chi connectivity index (χ3n) is 4.77. The predicted molar refractivity (Wildman–Crippen MR) is 93.5 cm³/mol. The Labute approximate surface area is 165 Å². The van der Waals surface area contributed by atoms with Crippen molar-refractivity contribution in [1.29, 1.82) is 0 Å². The quantitative estimate of drug-likeness (QED) is 0.755. The molecule has 0 radical (unpaired) electrons. The molecule has 1 N–H and O–H groups in total. The van der Waals surface area contributed by atoms with E-state index in [9.17, 15) is 27.2 Å². The van der Waals surface area contributed by atoms with Crippen LogP contribution in [0.15, 0.2) is 18.2 Å². The fourth-order valence-electron chi connectivity index (χ4n) is 3.13. The van der Waals surface area contributed by atoms with Crippen molar-refractivity contribution < 1.29 is 36.6 Å². The van der Waals surface area contributed by atoms with Gasteiger partial charge in [0.15, 0.2) is 11.6 Å². The van der Waals surface area contributed by atoms with Gasteiger partial charge in [0, 0.05) is 6.54 Å². The minimum Gasteiger partial charge on any atom is -0.444 e. The molecule has 0 bridgehead atoms. The zero-order valence-corrected chi connectivity index (χ0v) is 16.2. The highest BCUT2D eigenvalue weighted by atomic mass is 19.4. The molecule has 1 aromatic rings. The number of ether oxygens (including phenoxy) is 2. The molecular formula is C19H22F4N2O4. The summed E-state index contributed by atoms with van der Waals surface area (Å²) in [5.74, 6) is -2.53. The van der Waals surface area contributed by atoms with Crippen molar-refractivity contribution >= 4 is 12.0 Å². The van der Waals surface area contributed by atoms with Gasteiger partial charge in [-0.15, -0.1) is 13.2 Å². The van der Waals surface area contributed by atoms with Gasteiger partial charge in [-0.1, -0.05) is 6.07 Å². The average molecular weight is 418 g/mol. The molecule has 0 aromatic heterocycles. The van der Waals surface area contributed by atoms with E-state index in [4.69, 9.17) is 4.74 Å². The van der Waals surface area contributed by atoms with Crippen LogP contribution in [0.25, 0.3) is 0 Å². The van der Waals surface area contributed by atoms with Crippen LogP contribution in [0, 0.1) is 5.82 Å². The van der Waals surface area contributed by atoms with Gasteiger partial charge in [0.05, 0.1) is 5.54 Å². The van der Waals surface area contributed by atoms with Gasteiger partial charge in [-0.3, -0.25) is 9.69 Å². The number of carbonyl (C=O) groups excluding carboxylic acids is 2. The highest BCUT2D eigenvalue weighted by Gasteiger charge is 2.49.